The molecule has 0 aromatic carbocycles. The smallest absolute Gasteiger partial charge is 0.222 e. The predicted octanol–water partition coefficient (Wildman–Crippen LogP) is 2.66. The van der Waals surface area contributed by atoms with Crippen LogP contribution in [0.15, 0.2) is 11.6 Å². The number of hydrogen-bond donors (Lipinski definition) is 1. The molecule has 1 fully saturated rings. The van der Waals surface area contributed by atoms with E-state index < -0.39 is 0 Å². The lowest BCUT2D eigenvalue weighted by Crippen LogP contribution is -2.26. The normalized spacial score (nSPS) is 26.1. The second-order valence-electron chi connectivity index (χ2n) is 4.95. The molecule has 0 aromatic rings. The maximum absolute atomic E-state index is 11.7. The molecule has 16 heavy (non-hydrogen) atoms. The maximum Gasteiger partial charge on any atom is 0.222 e. The second kappa shape index (κ2) is 5.76. The quantitative estimate of drug-likeness (QED) is 0.591. The number of amides is 1. The number of carbonyl (C=O) groups excluding carboxylic acids is 1. The van der Waals surface area contributed by atoms with E-state index in [0.717, 1.165) is 25.3 Å². The molecule has 0 aromatic heterocycles. The third-order valence-corrected chi connectivity index (χ3v) is 4.16. The number of allylic oxidation sites excluding steroid dienone is 1. The summed E-state index contributed by atoms with van der Waals surface area (Å²) < 4.78 is 0. The molecular formula is C13H21NOS. The van der Waals surface area contributed by atoms with Crippen molar-refractivity contribution in [2.75, 3.05) is 18.8 Å². The predicted molar refractivity (Wildman–Crippen MR) is 69.7 cm³/mol. The monoisotopic (exact) mass is 239 g/mol. The summed E-state index contributed by atoms with van der Waals surface area (Å²) >= 11 is 4.28. The summed E-state index contributed by atoms with van der Waals surface area (Å²) in [6, 6.07) is 0. The topological polar surface area (TPSA) is 20.3 Å². The number of carbonyl (C=O) groups is 1. The van der Waals surface area contributed by atoms with Crippen LogP contribution in [0.1, 0.15) is 38.5 Å². The van der Waals surface area contributed by atoms with E-state index in [1.807, 2.05) is 4.90 Å². The van der Waals surface area contributed by atoms with Gasteiger partial charge >= 0.3 is 0 Å². The number of nitrogens with zero attached hydrogens (tertiary/aromatic N) is 1. The van der Waals surface area contributed by atoms with E-state index in [4.69, 9.17) is 0 Å². The third kappa shape index (κ3) is 3.03. The van der Waals surface area contributed by atoms with Gasteiger partial charge in [-0.2, -0.15) is 12.6 Å². The van der Waals surface area contributed by atoms with E-state index in [1.165, 1.54) is 25.7 Å². The average Bonchev–Trinajstić information content (AvgIpc) is 2.69. The van der Waals surface area contributed by atoms with Gasteiger partial charge in [0.25, 0.3) is 0 Å². The molecule has 0 radical (unpaired) electrons. The first-order valence-corrected chi connectivity index (χ1v) is 6.99. The number of rotatable bonds is 4. The minimum absolute atomic E-state index is 0.329. The summed E-state index contributed by atoms with van der Waals surface area (Å²) in [5.41, 5.74) is 1.56. The molecule has 1 atom stereocenters. The van der Waals surface area contributed by atoms with E-state index in [9.17, 15) is 4.79 Å². The van der Waals surface area contributed by atoms with Crippen molar-refractivity contribution >= 4 is 18.5 Å². The summed E-state index contributed by atoms with van der Waals surface area (Å²) in [5.74, 6) is 1.65. The summed E-state index contributed by atoms with van der Waals surface area (Å²) in [5, 5.41) is 0. The fourth-order valence-corrected chi connectivity index (χ4v) is 2.85. The highest BCUT2D eigenvalue weighted by Crippen LogP contribution is 2.23. The molecule has 1 amide bonds. The van der Waals surface area contributed by atoms with Crippen LogP contribution < -0.4 is 0 Å². The van der Waals surface area contributed by atoms with Gasteiger partial charge in [-0.1, -0.05) is 11.6 Å². The Morgan fingerprint density at radius 3 is 2.94 bits per heavy atom. The van der Waals surface area contributed by atoms with Crippen molar-refractivity contribution in [3.05, 3.63) is 11.6 Å². The lowest BCUT2D eigenvalue weighted by Gasteiger charge is -2.19. The highest BCUT2D eigenvalue weighted by atomic mass is 32.1. The summed E-state index contributed by atoms with van der Waals surface area (Å²) in [6.07, 6.45) is 9.33. The van der Waals surface area contributed by atoms with Crippen LogP contribution >= 0.6 is 12.6 Å². The van der Waals surface area contributed by atoms with Gasteiger partial charge in [0, 0.05) is 19.5 Å². The van der Waals surface area contributed by atoms with Gasteiger partial charge in [-0.3, -0.25) is 4.79 Å². The van der Waals surface area contributed by atoms with Crippen molar-refractivity contribution in [1.29, 1.82) is 0 Å². The van der Waals surface area contributed by atoms with Gasteiger partial charge in [-0.15, -0.1) is 0 Å². The molecule has 2 nitrogen and oxygen atoms in total. The van der Waals surface area contributed by atoms with Crippen LogP contribution in [-0.2, 0) is 4.79 Å². The van der Waals surface area contributed by atoms with Crippen molar-refractivity contribution < 1.29 is 4.79 Å². The minimum Gasteiger partial charge on any atom is -0.342 e. The first-order chi connectivity index (χ1) is 7.79. The van der Waals surface area contributed by atoms with Gasteiger partial charge in [-0.25, -0.2) is 0 Å². The van der Waals surface area contributed by atoms with Crippen molar-refractivity contribution in [3.8, 4) is 0 Å². The average molecular weight is 239 g/mol. The van der Waals surface area contributed by atoms with Gasteiger partial charge in [-0.05, 0) is 43.8 Å². The van der Waals surface area contributed by atoms with E-state index in [1.54, 1.807) is 5.57 Å². The Hall–Kier alpha value is -0.440. The van der Waals surface area contributed by atoms with Crippen molar-refractivity contribution in [1.82, 2.24) is 4.90 Å². The molecule has 1 heterocycles. The Morgan fingerprint density at radius 1 is 1.44 bits per heavy atom. The highest BCUT2D eigenvalue weighted by molar-refractivity contribution is 7.80. The van der Waals surface area contributed by atoms with Crippen LogP contribution in [-0.4, -0.2) is 29.6 Å². The van der Waals surface area contributed by atoms with Gasteiger partial charge in [0.1, 0.15) is 0 Å². The summed E-state index contributed by atoms with van der Waals surface area (Å²) in [4.78, 5) is 13.7. The van der Waals surface area contributed by atoms with E-state index in [-0.39, 0.29) is 0 Å². The number of thiol groups is 1. The fourth-order valence-electron chi connectivity index (χ4n) is 2.60. The molecule has 1 aliphatic carbocycles. The molecular weight excluding hydrogens is 218 g/mol. The van der Waals surface area contributed by atoms with E-state index in [0.29, 0.717) is 18.2 Å². The summed E-state index contributed by atoms with van der Waals surface area (Å²) in [7, 11) is 0. The first kappa shape index (κ1) is 12.0. The minimum atomic E-state index is 0.329. The van der Waals surface area contributed by atoms with Gasteiger partial charge < -0.3 is 4.90 Å². The Morgan fingerprint density at radius 2 is 2.31 bits per heavy atom. The zero-order chi connectivity index (χ0) is 11.4. The lowest BCUT2D eigenvalue weighted by atomic mass is 9.97. The third-order valence-electron chi connectivity index (χ3n) is 3.64. The molecule has 0 spiro atoms. The Kier molecular flexibility index (Phi) is 4.33. The lowest BCUT2D eigenvalue weighted by molar-refractivity contribution is -0.127. The Bertz CT molecular complexity index is 288. The van der Waals surface area contributed by atoms with Crippen LogP contribution in [0.3, 0.4) is 0 Å². The zero-order valence-corrected chi connectivity index (χ0v) is 10.7. The standard InChI is InChI=1S/C13H21NOS/c15-13-8-12(10-16)9-14(13)7-6-11-4-2-1-3-5-11/h4,12,16H,1-3,5-10H2. The van der Waals surface area contributed by atoms with Crippen LogP contribution in [0, 0.1) is 5.92 Å². The molecule has 2 aliphatic rings. The molecule has 1 aliphatic heterocycles. The molecule has 0 bridgehead atoms. The molecule has 2 rings (SSSR count). The molecule has 0 N–H and O–H groups in total. The van der Waals surface area contributed by atoms with Crippen LogP contribution in [0.25, 0.3) is 0 Å². The maximum atomic E-state index is 11.7. The van der Waals surface area contributed by atoms with E-state index in [2.05, 4.69) is 18.7 Å². The van der Waals surface area contributed by atoms with Crippen LogP contribution in [0.5, 0.6) is 0 Å². The molecule has 90 valence electrons. The molecule has 0 saturated carbocycles. The second-order valence-corrected chi connectivity index (χ2v) is 5.32. The van der Waals surface area contributed by atoms with Crippen LogP contribution in [0.4, 0.5) is 0 Å². The van der Waals surface area contributed by atoms with Gasteiger partial charge in [0.2, 0.25) is 5.91 Å². The highest BCUT2D eigenvalue weighted by Gasteiger charge is 2.28. The first-order valence-electron chi connectivity index (χ1n) is 6.36. The zero-order valence-electron chi connectivity index (χ0n) is 9.82. The van der Waals surface area contributed by atoms with Crippen molar-refractivity contribution in [2.45, 2.75) is 38.5 Å². The van der Waals surface area contributed by atoms with E-state index >= 15 is 0 Å². The summed E-state index contributed by atoms with van der Waals surface area (Å²) in [6.45, 7) is 1.85. The number of hydrogen-bond acceptors (Lipinski definition) is 2. The molecule has 1 saturated heterocycles. The number of likely N-dealkylation sites (tertiary alicyclic amines) is 1. The van der Waals surface area contributed by atoms with Gasteiger partial charge in [0.05, 0.1) is 0 Å². The van der Waals surface area contributed by atoms with Crippen LogP contribution in [0.2, 0.25) is 0 Å². The van der Waals surface area contributed by atoms with Crippen molar-refractivity contribution in [3.63, 3.8) is 0 Å². The molecule has 3 heteroatoms. The molecule has 1 unspecified atom stereocenters. The fraction of sp³-hybridized carbons (Fsp3) is 0.769. The van der Waals surface area contributed by atoms with Gasteiger partial charge in [0.15, 0.2) is 0 Å². The van der Waals surface area contributed by atoms with Crippen molar-refractivity contribution in [2.24, 2.45) is 5.92 Å². The Labute approximate surface area is 103 Å². The Balaban J connectivity index is 1.77. The largest absolute Gasteiger partial charge is 0.342 e. The SMILES string of the molecule is O=C1CC(CS)CN1CCC1=CCCCC1.